The maximum absolute atomic E-state index is 10.5. The van der Waals surface area contributed by atoms with Gasteiger partial charge >= 0.3 is 0 Å². The van der Waals surface area contributed by atoms with Gasteiger partial charge in [-0.25, -0.2) is 4.98 Å². The van der Waals surface area contributed by atoms with E-state index in [9.17, 15) is 5.11 Å². The largest absolute Gasteiger partial charge is 0.497 e. The average Bonchev–Trinajstić information content (AvgIpc) is 2.53. The Balaban J connectivity index is 2.49. The second-order valence-corrected chi connectivity index (χ2v) is 3.96. The number of aromatic nitrogens is 2. The number of benzene rings is 1. The molecule has 0 amide bonds. The average molecular weight is 276 g/mol. The van der Waals surface area contributed by atoms with Crippen LogP contribution in [-0.2, 0) is 0 Å². The molecule has 6 heteroatoms. The second kappa shape index (κ2) is 6.21. The van der Waals surface area contributed by atoms with E-state index < -0.39 is 6.10 Å². The SMILES string of the molecule is COc1ccc(OC)c(C(O)c2nccnc2OC)c1. The van der Waals surface area contributed by atoms with Crippen LogP contribution in [0.5, 0.6) is 17.4 Å². The van der Waals surface area contributed by atoms with Crippen molar-refractivity contribution in [2.75, 3.05) is 21.3 Å². The molecule has 0 aliphatic rings. The molecule has 20 heavy (non-hydrogen) atoms. The minimum Gasteiger partial charge on any atom is -0.497 e. The highest BCUT2D eigenvalue weighted by Crippen LogP contribution is 2.34. The van der Waals surface area contributed by atoms with E-state index in [0.717, 1.165) is 0 Å². The molecule has 0 aliphatic carbocycles. The lowest BCUT2D eigenvalue weighted by molar-refractivity contribution is 0.202. The Morgan fingerprint density at radius 3 is 2.40 bits per heavy atom. The first-order valence-corrected chi connectivity index (χ1v) is 5.96. The lowest BCUT2D eigenvalue weighted by Crippen LogP contribution is -2.08. The molecular weight excluding hydrogens is 260 g/mol. The summed E-state index contributed by atoms with van der Waals surface area (Å²) in [7, 11) is 4.57. The molecule has 1 N–H and O–H groups in total. The van der Waals surface area contributed by atoms with Crippen LogP contribution < -0.4 is 14.2 Å². The monoisotopic (exact) mass is 276 g/mol. The van der Waals surface area contributed by atoms with Crippen molar-refractivity contribution >= 4 is 0 Å². The van der Waals surface area contributed by atoms with Gasteiger partial charge in [-0.2, -0.15) is 0 Å². The molecule has 0 fully saturated rings. The van der Waals surface area contributed by atoms with Crippen LogP contribution in [0.3, 0.4) is 0 Å². The fraction of sp³-hybridized carbons (Fsp3) is 0.286. The molecule has 1 unspecified atom stereocenters. The van der Waals surface area contributed by atoms with Gasteiger partial charge in [-0.3, -0.25) is 4.98 Å². The lowest BCUT2D eigenvalue weighted by Gasteiger charge is -2.16. The van der Waals surface area contributed by atoms with Crippen molar-refractivity contribution in [1.29, 1.82) is 0 Å². The van der Waals surface area contributed by atoms with Crippen LogP contribution in [0.4, 0.5) is 0 Å². The van der Waals surface area contributed by atoms with Gasteiger partial charge < -0.3 is 19.3 Å². The molecule has 0 spiro atoms. The highest BCUT2D eigenvalue weighted by atomic mass is 16.5. The van der Waals surface area contributed by atoms with Crippen LogP contribution in [0.2, 0.25) is 0 Å². The van der Waals surface area contributed by atoms with Gasteiger partial charge in [0.05, 0.1) is 21.3 Å². The molecule has 0 saturated carbocycles. The van der Waals surface area contributed by atoms with Gasteiger partial charge in [0.2, 0.25) is 5.88 Å². The topological polar surface area (TPSA) is 73.7 Å². The third-order valence-electron chi connectivity index (χ3n) is 2.88. The van der Waals surface area contributed by atoms with Crippen molar-refractivity contribution in [3.05, 3.63) is 41.9 Å². The number of hydrogen-bond acceptors (Lipinski definition) is 6. The number of rotatable bonds is 5. The lowest BCUT2D eigenvalue weighted by atomic mass is 10.0. The first-order valence-electron chi connectivity index (χ1n) is 5.96. The number of aliphatic hydroxyl groups is 1. The van der Waals surface area contributed by atoms with Crippen molar-refractivity contribution in [2.24, 2.45) is 0 Å². The van der Waals surface area contributed by atoms with E-state index in [-0.39, 0.29) is 5.88 Å². The van der Waals surface area contributed by atoms with E-state index >= 15 is 0 Å². The van der Waals surface area contributed by atoms with Crippen LogP contribution in [0, 0.1) is 0 Å². The standard InChI is InChI=1S/C14H16N2O4/c1-18-9-4-5-11(19-2)10(8-9)13(17)12-14(20-3)16-7-6-15-12/h4-8,13,17H,1-3H3. The highest BCUT2D eigenvalue weighted by molar-refractivity contribution is 5.45. The number of methoxy groups -OCH3 is 3. The van der Waals surface area contributed by atoms with Gasteiger partial charge in [-0.1, -0.05) is 0 Å². The number of ether oxygens (including phenoxy) is 3. The molecule has 0 saturated heterocycles. The Hall–Kier alpha value is -2.34. The summed E-state index contributed by atoms with van der Waals surface area (Å²) >= 11 is 0. The molecule has 1 atom stereocenters. The normalized spacial score (nSPS) is 11.8. The molecule has 1 aromatic heterocycles. The first kappa shape index (κ1) is 14.1. The first-order chi connectivity index (χ1) is 9.71. The van der Waals surface area contributed by atoms with Crippen molar-refractivity contribution in [3.63, 3.8) is 0 Å². The minimum absolute atomic E-state index is 0.268. The van der Waals surface area contributed by atoms with Gasteiger partial charge in [0.15, 0.2) is 0 Å². The summed E-state index contributed by atoms with van der Waals surface area (Å²) in [5.74, 6) is 1.42. The molecular formula is C14H16N2O4. The van der Waals surface area contributed by atoms with Crippen LogP contribution in [-0.4, -0.2) is 36.4 Å². The Morgan fingerprint density at radius 2 is 1.75 bits per heavy atom. The zero-order valence-electron chi connectivity index (χ0n) is 11.5. The van der Waals surface area contributed by atoms with E-state index in [4.69, 9.17) is 14.2 Å². The van der Waals surface area contributed by atoms with Gasteiger partial charge in [0.1, 0.15) is 23.3 Å². The number of aliphatic hydroxyl groups excluding tert-OH is 1. The van der Waals surface area contributed by atoms with Crippen LogP contribution >= 0.6 is 0 Å². The predicted octanol–water partition coefficient (Wildman–Crippen LogP) is 1.58. The van der Waals surface area contributed by atoms with Crippen molar-refractivity contribution in [1.82, 2.24) is 9.97 Å². The summed E-state index contributed by atoms with van der Waals surface area (Å²) in [4.78, 5) is 8.15. The molecule has 1 aromatic carbocycles. The predicted molar refractivity (Wildman–Crippen MR) is 72.2 cm³/mol. The zero-order valence-corrected chi connectivity index (χ0v) is 11.5. The summed E-state index contributed by atoms with van der Waals surface area (Å²) in [5, 5.41) is 10.5. The maximum atomic E-state index is 10.5. The minimum atomic E-state index is -1.02. The summed E-state index contributed by atoms with van der Waals surface area (Å²) in [6.07, 6.45) is 1.97. The Bertz CT molecular complexity index is 589. The molecule has 106 valence electrons. The van der Waals surface area contributed by atoms with Gasteiger partial charge in [0, 0.05) is 18.0 Å². The highest BCUT2D eigenvalue weighted by Gasteiger charge is 2.22. The summed E-state index contributed by atoms with van der Waals surface area (Å²) in [5.41, 5.74) is 0.854. The second-order valence-electron chi connectivity index (χ2n) is 3.96. The Kier molecular flexibility index (Phi) is 4.37. The summed E-state index contributed by atoms with van der Waals surface area (Å²) in [6.45, 7) is 0. The molecule has 0 aliphatic heterocycles. The van der Waals surface area contributed by atoms with E-state index in [1.54, 1.807) is 25.3 Å². The molecule has 1 heterocycles. The fourth-order valence-corrected chi connectivity index (χ4v) is 1.88. The van der Waals surface area contributed by atoms with Crippen molar-refractivity contribution in [3.8, 4) is 17.4 Å². The fourth-order valence-electron chi connectivity index (χ4n) is 1.88. The maximum Gasteiger partial charge on any atom is 0.238 e. The van der Waals surface area contributed by atoms with Gasteiger partial charge in [0.25, 0.3) is 0 Å². The van der Waals surface area contributed by atoms with Crippen LogP contribution in [0.1, 0.15) is 17.4 Å². The van der Waals surface area contributed by atoms with E-state index in [2.05, 4.69) is 9.97 Å². The molecule has 2 rings (SSSR count). The van der Waals surface area contributed by atoms with Crippen molar-refractivity contribution < 1.29 is 19.3 Å². The summed E-state index contributed by atoms with van der Waals surface area (Å²) < 4.78 is 15.5. The van der Waals surface area contributed by atoms with E-state index in [1.807, 2.05) is 0 Å². The third-order valence-corrected chi connectivity index (χ3v) is 2.88. The third kappa shape index (κ3) is 2.65. The molecule has 0 bridgehead atoms. The van der Waals surface area contributed by atoms with Crippen molar-refractivity contribution in [2.45, 2.75) is 6.10 Å². The smallest absolute Gasteiger partial charge is 0.238 e. The quantitative estimate of drug-likeness (QED) is 0.894. The summed E-state index contributed by atoms with van der Waals surface area (Å²) in [6, 6.07) is 5.17. The van der Waals surface area contributed by atoms with E-state index in [1.165, 1.54) is 26.6 Å². The molecule has 0 radical (unpaired) electrons. The van der Waals surface area contributed by atoms with E-state index in [0.29, 0.717) is 22.8 Å². The molecule has 6 nitrogen and oxygen atoms in total. The van der Waals surface area contributed by atoms with Gasteiger partial charge in [-0.05, 0) is 18.2 Å². The van der Waals surface area contributed by atoms with Gasteiger partial charge in [-0.15, -0.1) is 0 Å². The number of nitrogens with zero attached hydrogens (tertiary/aromatic N) is 2. The van der Waals surface area contributed by atoms with Crippen LogP contribution in [0.25, 0.3) is 0 Å². The number of hydrogen-bond donors (Lipinski definition) is 1. The Labute approximate surface area is 117 Å². The Morgan fingerprint density at radius 1 is 1.00 bits per heavy atom. The zero-order chi connectivity index (χ0) is 14.5. The van der Waals surface area contributed by atoms with Crippen LogP contribution in [0.15, 0.2) is 30.6 Å². The molecule has 2 aromatic rings.